The monoisotopic (exact) mass is 409 g/mol. The molecule has 0 saturated carbocycles. The smallest absolute Gasteiger partial charge is 0.261 e. The van der Waals surface area contributed by atoms with Crippen molar-refractivity contribution < 1.29 is 14.3 Å². The number of fused-ring (bicyclic) bond motifs is 1. The summed E-state index contributed by atoms with van der Waals surface area (Å²) in [5, 5.41) is 13.8. The fourth-order valence-electron chi connectivity index (χ4n) is 4.57. The van der Waals surface area contributed by atoms with Gasteiger partial charge in [0.05, 0.1) is 30.3 Å². The molecule has 29 heavy (non-hydrogen) atoms. The summed E-state index contributed by atoms with van der Waals surface area (Å²) in [4.78, 5) is 15.5. The minimum atomic E-state index is -0.313. The van der Waals surface area contributed by atoms with Gasteiger partial charge in [-0.15, -0.1) is 11.3 Å². The van der Waals surface area contributed by atoms with E-state index in [4.69, 9.17) is 14.7 Å². The number of piperidine rings is 1. The largest absolute Gasteiger partial charge is 0.372 e. The summed E-state index contributed by atoms with van der Waals surface area (Å²) in [6, 6.07) is 8.26. The Morgan fingerprint density at radius 2 is 2.14 bits per heavy atom. The van der Waals surface area contributed by atoms with Crippen molar-refractivity contribution in [2.75, 3.05) is 19.7 Å². The van der Waals surface area contributed by atoms with E-state index >= 15 is 0 Å². The van der Waals surface area contributed by atoms with Crippen molar-refractivity contribution in [1.29, 1.82) is 5.26 Å². The summed E-state index contributed by atoms with van der Waals surface area (Å²) in [6.45, 7) is 6.05. The number of benzene rings is 1. The van der Waals surface area contributed by atoms with E-state index in [2.05, 4.69) is 35.3 Å². The summed E-state index contributed by atoms with van der Waals surface area (Å²) in [5.74, 6) is -0.0817. The third-order valence-electron chi connectivity index (χ3n) is 6.33. The quantitative estimate of drug-likeness (QED) is 0.786. The maximum atomic E-state index is 12.4. The Morgan fingerprint density at radius 3 is 2.83 bits per heavy atom. The van der Waals surface area contributed by atoms with Gasteiger partial charge in [0, 0.05) is 30.1 Å². The first-order valence-corrected chi connectivity index (χ1v) is 10.9. The number of hydrogen-bond donors (Lipinski definition) is 1. The summed E-state index contributed by atoms with van der Waals surface area (Å²) < 4.78 is 11.6. The Hall–Kier alpha value is -2.24. The van der Waals surface area contributed by atoms with Crippen molar-refractivity contribution in [3.05, 3.63) is 56.3 Å². The highest BCUT2D eigenvalue weighted by Crippen LogP contribution is 2.46. The van der Waals surface area contributed by atoms with E-state index in [0.717, 1.165) is 32.5 Å². The molecule has 7 heteroatoms. The molecule has 0 bridgehead atoms. The standard InChI is InChI=1S/C22H23N3O3S/c1-14-18-11-27-10-16(18)2-3-19(14)22(13-28-22)25-6-4-17(5-7-25)24-21(26)20-8-15(9-23)12-29-20/h2-3,8,12,17H,4-7,10-11,13H2,1H3,(H,24,26). The molecule has 150 valence electrons. The molecule has 3 aliphatic heterocycles. The SMILES string of the molecule is Cc1c(C2(N3CCC(NC(=O)c4cc(C#N)cs4)CC3)CO2)ccc2c1COC2. The van der Waals surface area contributed by atoms with Crippen LogP contribution in [0.25, 0.3) is 0 Å². The molecule has 6 nitrogen and oxygen atoms in total. The van der Waals surface area contributed by atoms with Crippen LogP contribution in [-0.4, -0.2) is 36.5 Å². The first-order valence-electron chi connectivity index (χ1n) is 9.99. The highest BCUT2D eigenvalue weighted by Gasteiger charge is 2.53. The molecule has 1 N–H and O–H groups in total. The number of hydrogen-bond acceptors (Lipinski definition) is 6. The maximum absolute atomic E-state index is 12.4. The zero-order valence-corrected chi connectivity index (χ0v) is 17.2. The van der Waals surface area contributed by atoms with Crippen LogP contribution in [0.1, 0.15) is 50.3 Å². The second-order valence-electron chi connectivity index (χ2n) is 7.99. The second kappa shape index (κ2) is 7.22. The van der Waals surface area contributed by atoms with Crippen LogP contribution in [0.4, 0.5) is 0 Å². The van der Waals surface area contributed by atoms with Gasteiger partial charge in [0.1, 0.15) is 6.07 Å². The number of ether oxygens (including phenoxy) is 2. The number of amides is 1. The van der Waals surface area contributed by atoms with E-state index in [1.54, 1.807) is 11.4 Å². The highest BCUT2D eigenvalue weighted by molar-refractivity contribution is 7.12. The van der Waals surface area contributed by atoms with Gasteiger partial charge in [-0.05, 0) is 42.5 Å². The van der Waals surface area contributed by atoms with E-state index in [9.17, 15) is 4.79 Å². The van der Waals surface area contributed by atoms with Crippen LogP contribution < -0.4 is 5.32 Å². The molecule has 2 aromatic rings. The van der Waals surface area contributed by atoms with Gasteiger partial charge in [0.25, 0.3) is 5.91 Å². The summed E-state index contributed by atoms with van der Waals surface area (Å²) in [6.07, 6.45) is 1.78. The van der Waals surface area contributed by atoms with Gasteiger partial charge in [0.15, 0.2) is 5.72 Å². The third kappa shape index (κ3) is 3.26. The van der Waals surface area contributed by atoms with Gasteiger partial charge in [-0.25, -0.2) is 0 Å². The molecule has 2 fully saturated rings. The van der Waals surface area contributed by atoms with Gasteiger partial charge >= 0.3 is 0 Å². The molecule has 0 radical (unpaired) electrons. The summed E-state index contributed by atoms with van der Waals surface area (Å²) >= 11 is 1.32. The Kier molecular flexibility index (Phi) is 4.67. The average molecular weight is 410 g/mol. The molecule has 0 aliphatic carbocycles. The molecule has 5 rings (SSSR count). The number of likely N-dealkylation sites (tertiary alicyclic amines) is 1. The number of epoxide rings is 1. The average Bonchev–Trinajstić information content (AvgIpc) is 3.17. The van der Waals surface area contributed by atoms with E-state index in [1.165, 1.54) is 33.6 Å². The number of carbonyl (C=O) groups excluding carboxylic acids is 1. The first kappa shape index (κ1) is 18.8. The fraction of sp³-hybridized carbons (Fsp3) is 0.455. The number of nitrogens with zero attached hydrogens (tertiary/aromatic N) is 2. The molecule has 1 atom stereocenters. The Balaban J connectivity index is 1.24. The highest BCUT2D eigenvalue weighted by atomic mass is 32.1. The van der Waals surface area contributed by atoms with Crippen LogP contribution in [0.15, 0.2) is 23.6 Å². The third-order valence-corrected chi connectivity index (χ3v) is 7.26. The molecule has 2 saturated heterocycles. The van der Waals surface area contributed by atoms with Gasteiger partial charge in [-0.3, -0.25) is 9.69 Å². The van der Waals surface area contributed by atoms with Crippen molar-refractivity contribution in [3.63, 3.8) is 0 Å². The molecular weight excluding hydrogens is 386 g/mol. The first-order chi connectivity index (χ1) is 14.1. The lowest BCUT2D eigenvalue weighted by molar-refractivity contribution is 0.0468. The number of nitriles is 1. The van der Waals surface area contributed by atoms with E-state index in [0.29, 0.717) is 23.7 Å². The van der Waals surface area contributed by atoms with Crippen LogP contribution in [0, 0.1) is 18.3 Å². The van der Waals surface area contributed by atoms with Crippen LogP contribution in [-0.2, 0) is 28.4 Å². The van der Waals surface area contributed by atoms with Crippen molar-refractivity contribution in [1.82, 2.24) is 10.2 Å². The zero-order chi connectivity index (χ0) is 20.0. The van der Waals surface area contributed by atoms with Crippen LogP contribution >= 0.6 is 11.3 Å². The number of rotatable bonds is 4. The van der Waals surface area contributed by atoms with Crippen molar-refractivity contribution >= 4 is 17.2 Å². The molecule has 1 amide bonds. The predicted molar refractivity (Wildman–Crippen MR) is 108 cm³/mol. The Bertz CT molecular complexity index is 997. The predicted octanol–water partition coefficient (Wildman–Crippen LogP) is 3.04. The van der Waals surface area contributed by atoms with Crippen LogP contribution in [0.2, 0.25) is 0 Å². The van der Waals surface area contributed by atoms with E-state index in [1.807, 2.05) is 0 Å². The van der Waals surface area contributed by atoms with Crippen LogP contribution in [0.3, 0.4) is 0 Å². The molecule has 0 spiro atoms. The molecule has 3 aliphatic rings. The number of nitrogens with one attached hydrogen (secondary N) is 1. The van der Waals surface area contributed by atoms with E-state index in [-0.39, 0.29) is 17.7 Å². The van der Waals surface area contributed by atoms with Gasteiger partial charge in [-0.1, -0.05) is 12.1 Å². The molecule has 1 aromatic carbocycles. The molecule has 4 heterocycles. The topological polar surface area (TPSA) is 77.9 Å². The van der Waals surface area contributed by atoms with E-state index < -0.39 is 0 Å². The Labute approximate surface area is 174 Å². The van der Waals surface area contributed by atoms with Gasteiger partial charge in [0.2, 0.25) is 0 Å². The normalized spacial score (nSPS) is 24.1. The van der Waals surface area contributed by atoms with Crippen molar-refractivity contribution in [2.45, 2.75) is 44.7 Å². The lowest BCUT2D eigenvalue weighted by Gasteiger charge is -2.37. The van der Waals surface area contributed by atoms with Crippen molar-refractivity contribution in [3.8, 4) is 6.07 Å². The lowest BCUT2D eigenvalue weighted by atomic mass is 9.92. The zero-order valence-electron chi connectivity index (χ0n) is 16.4. The Morgan fingerprint density at radius 1 is 1.34 bits per heavy atom. The van der Waals surface area contributed by atoms with Gasteiger partial charge < -0.3 is 14.8 Å². The molecular formula is C22H23N3O3S. The maximum Gasteiger partial charge on any atom is 0.261 e. The number of thiophene rings is 1. The van der Waals surface area contributed by atoms with Crippen LogP contribution in [0.5, 0.6) is 0 Å². The summed E-state index contributed by atoms with van der Waals surface area (Å²) in [5.41, 5.74) is 5.37. The fourth-order valence-corrected chi connectivity index (χ4v) is 5.30. The lowest BCUT2D eigenvalue weighted by Crippen LogP contribution is -2.48. The molecule has 1 unspecified atom stereocenters. The summed E-state index contributed by atoms with van der Waals surface area (Å²) in [7, 11) is 0. The van der Waals surface area contributed by atoms with Crippen molar-refractivity contribution in [2.24, 2.45) is 0 Å². The second-order valence-corrected chi connectivity index (χ2v) is 8.90. The number of carbonyl (C=O) groups is 1. The minimum absolute atomic E-state index is 0.0817. The van der Waals surface area contributed by atoms with Gasteiger partial charge in [-0.2, -0.15) is 5.26 Å². The molecule has 1 aromatic heterocycles. The minimum Gasteiger partial charge on any atom is -0.372 e.